The number of nitrogens with one attached hydrogen (secondary N) is 1. The van der Waals surface area contributed by atoms with E-state index in [9.17, 15) is 0 Å². The van der Waals surface area contributed by atoms with Crippen molar-refractivity contribution in [2.24, 2.45) is 5.41 Å². The van der Waals surface area contributed by atoms with Crippen LogP contribution in [0.25, 0.3) is 0 Å². The van der Waals surface area contributed by atoms with Crippen LogP contribution >= 0.6 is 0 Å². The molecule has 1 saturated carbocycles. The Kier molecular flexibility index (Phi) is 4.22. The van der Waals surface area contributed by atoms with Crippen molar-refractivity contribution in [3.8, 4) is 0 Å². The Morgan fingerprint density at radius 3 is 2.24 bits per heavy atom. The van der Waals surface area contributed by atoms with E-state index in [4.69, 9.17) is 0 Å². The van der Waals surface area contributed by atoms with Gasteiger partial charge in [-0.2, -0.15) is 0 Å². The van der Waals surface area contributed by atoms with E-state index in [1.54, 1.807) is 0 Å². The van der Waals surface area contributed by atoms with E-state index in [1.807, 2.05) is 0 Å². The van der Waals surface area contributed by atoms with E-state index >= 15 is 0 Å². The van der Waals surface area contributed by atoms with E-state index in [0.29, 0.717) is 5.41 Å². The lowest BCUT2D eigenvalue weighted by atomic mass is 9.89. The van der Waals surface area contributed by atoms with Crippen molar-refractivity contribution in [3.63, 3.8) is 0 Å². The van der Waals surface area contributed by atoms with Gasteiger partial charge in [0.15, 0.2) is 0 Å². The van der Waals surface area contributed by atoms with Crippen molar-refractivity contribution in [2.75, 3.05) is 6.54 Å². The van der Waals surface area contributed by atoms with E-state index in [0.717, 1.165) is 13.0 Å². The predicted octanol–water partition coefficient (Wildman–Crippen LogP) is 3.92. The Morgan fingerprint density at radius 1 is 1.06 bits per heavy atom. The molecule has 1 aliphatic rings. The highest BCUT2D eigenvalue weighted by atomic mass is 14.9. The zero-order valence-electron chi connectivity index (χ0n) is 11.3. The molecule has 0 bridgehead atoms. The fourth-order valence-corrected chi connectivity index (χ4v) is 2.81. The summed E-state index contributed by atoms with van der Waals surface area (Å²) in [5, 5.41) is 3.62. The third-order valence-corrected chi connectivity index (χ3v) is 4.12. The maximum absolute atomic E-state index is 3.62. The molecule has 2 rings (SSSR count). The van der Waals surface area contributed by atoms with Crippen molar-refractivity contribution in [1.82, 2.24) is 5.32 Å². The van der Waals surface area contributed by atoms with Crippen LogP contribution in [0.3, 0.4) is 0 Å². The number of hydrogen-bond acceptors (Lipinski definition) is 1. The maximum atomic E-state index is 3.62. The molecule has 17 heavy (non-hydrogen) atoms. The second-order valence-electron chi connectivity index (χ2n) is 5.79. The topological polar surface area (TPSA) is 12.0 Å². The number of rotatable bonds is 5. The molecule has 1 heteroatoms. The molecular formula is C16H25N. The number of aryl methyl sites for hydroxylation is 1. The molecule has 0 saturated heterocycles. The molecule has 0 radical (unpaired) electrons. The van der Waals surface area contributed by atoms with Gasteiger partial charge in [-0.05, 0) is 35.8 Å². The highest BCUT2D eigenvalue weighted by Gasteiger charge is 2.27. The van der Waals surface area contributed by atoms with E-state index in [-0.39, 0.29) is 0 Å². The van der Waals surface area contributed by atoms with Gasteiger partial charge in [0, 0.05) is 13.1 Å². The summed E-state index contributed by atoms with van der Waals surface area (Å²) < 4.78 is 0. The van der Waals surface area contributed by atoms with Crippen molar-refractivity contribution >= 4 is 0 Å². The lowest BCUT2D eigenvalue weighted by Gasteiger charge is -2.23. The summed E-state index contributed by atoms with van der Waals surface area (Å²) in [5.74, 6) is 0. The molecule has 1 aromatic carbocycles. The van der Waals surface area contributed by atoms with Gasteiger partial charge in [-0.3, -0.25) is 0 Å². The van der Waals surface area contributed by atoms with Crippen LogP contribution < -0.4 is 5.32 Å². The maximum Gasteiger partial charge on any atom is 0.0205 e. The van der Waals surface area contributed by atoms with Gasteiger partial charge in [-0.15, -0.1) is 0 Å². The summed E-state index contributed by atoms with van der Waals surface area (Å²) in [4.78, 5) is 0. The van der Waals surface area contributed by atoms with Crippen LogP contribution in [0.5, 0.6) is 0 Å². The minimum absolute atomic E-state index is 0.559. The first-order valence-electron chi connectivity index (χ1n) is 7.00. The molecule has 1 N–H and O–H groups in total. The summed E-state index contributed by atoms with van der Waals surface area (Å²) >= 11 is 0. The van der Waals surface area contributed by atoms with Crippen molar-refractivity contribution in [2.45, 2.75) is 52.5 Å². The summed E-state index contributed by atoms with van der Waals surface area (Å²) in [6.45, 7) is 6.81. The molecule has 0 aromatic heterocycles. The smallest absolute Gasteiger partial charge is 0.0205 e. The highest BCUT2D eigenvalue weighted by Crippen LogP contribution is 2.36. The first-order chi connectivity index (χ1) is 8.22. The molecular weight excluding hydrogens is 206 g/mol. The number of hydrogen-bond donors (Lipinski definition) is 1. The van der Waals surface area contributed by atoms with Crippen LogP contribution in [0.2, 0.25) is 0 Å². The lowest BCUT2D eigenvalue weighted by molar-refractivity contribution is 0.314. The van der Waals surface area contributed by atoms with Crippen molar-refractivity contribution in [3.05, 3.63) is 35.4 Å². The number of benzene rings is 1. The molecule has 1 nitrogen and oxygen atoms in total. The van der Waals surface area contributed by atoms with Gasteiger partial charge in [0.2, 0.25) is 0 Å². The van der Waals surface area contributed by atoms with Crippen LogP contribution in [-0.2, 0) is 13.0 Å². The van der Waals surface area contributed by atoms with Crippen LogP contribution in [0.1, 0.15) is 50.7 Å². The third-order valence-electron chi connectivity index (χ3n) is 4.12. The largest absolute Gasteiger partial charge is 0.312 e. The predicted molar refractivity (Wildman–Crippen MR) is 74.1 cm³/mol. The quantitative estimate of drug-likeness (QED) is 0.810. The van der Waals surface area contributed by atoms with E-state index in [1.165, 1.54) is 43.4 Å². The molecule has 94 valence electrons. The van der Waals surface area contributed by atoms with Crippen LogP contribution in [0, 0.1) is 5.41 Å². The molecule has 0 heterocycles. The SMILES string of the molecule is CCc1ccc(CNCC2(C)CCCC2)cc1. The van der Waals surface area contributed by atoms with Crippen molar-refractivity contribution in [1.29, 1.82) is 0 Å². The Bertz CT molecular complexity index is 333. The average Bonchev–Trinajstić information content (AvgIpc) is 2.77. The van der Waals surface area contributed by atoms with Gasteiger partial charge in [-0.1, -0.05) is 51.0 Å². The standard InChI is InChI=1S/C16H25N/c1-3-14-6-8-15(9-7-14)12-17-13-16(2)10-4-5-11-16/h6-9,17H,3-5,10-13H2,1-2H3. The van der Waals surface area contributed by atoms with Gasteiger partial charge < -0.3 is 5.32 Å². The average molecular weight is 231 g/mol. The summed E-state index contributed by atoms with van der Waals surface area (Å²) in [5.41, 5.74) is 3.39. The van der Waals surface area contributed by atoms with Crippen LogP contribution in [-0.4, -0.2) is 6.54 Å². The summed E-state index contributed by atoms with van der Waals surface area (Å²) in [6.07, 6.45) is 6.77. The third kappa shape index (κ3) is 3.57. The lowest BCUT2D eigenvalue weighted by Crippen LogP contribution is -2.29. The highest BCUT2D eigenvalue weighted by molar-refractivity contribution is 5.22. The zero-order chi connectivity index (χ0) is 12.1. The Balaban J connectivity index is 1.77. The molecule has 0 atom stereocenters. The molecule has 1 aliphatic carbocycles. The summed E-state index contributed by atoms with van der Waals surface area (Å²) in [6, 6.07) is 8.99. The van der Waals surface area contributed by atoms with Crippen LogP contribution in [0.15, 0.2) is 24.3 Å². The molecule has 0 amide bonds. The Morgan fingerprint density at radius 2 is 1.65 bits per heavy atom. The normalized spacial score (nSPS) is 18.5. The molecule has 1 aromatic rings. The second-order valence-corrected chi connectivity index (χ2v) is 5.79. The first kappa shape index (κ1) is 12.6. The Labute approximate surface area is 106 Å². The second kappa shape index (κ2) is 5.68. The molecule has 0 aliphatic heterocycles. The minimum atomic E-state index is 0.559. The zero-order valence-corrected chi connectivity index (χ0v) is 11.3. The van der Waals surface area contributed by atoms with Crippen molar-refractivity contribution < 1.29 is 0 Å². The van der Waals surface area contributed by atoms with E-state index in [2.05, 4.69) is 43.4 Å². The Hall–Kier alpha value is -0.820. The van der Waals surface area contributed by atoms with Crippen LogP contribution in [0.4, 0.5) is 0 Å². The first-order valence-corrected chi connectivity index (χ1v) is 7.00. The fraction of sp³-hybridized carbons (Fsp3) is 0.625. The summed E-state index contributed by atoms with van der Waals surface area (Å²) in [7, 11) is 0. The fourth-order valence-electron chi connectivity index (χ4n) is 2.81. The van der Waals surface area contributed by atoms with Gasteiger partial charge in [-0.25, -0.2) is 0 Å². The molecule has 1 fully saturated rings. The van der Waals surface area contributed by atoms with E-state index < -0.39 is 0 Å². The molecule has 0 unspecified atom stereocenters. The van der Waals surface area contributed by atoms with Gasteiger partial charge in [0.25, 0.3) is 0 Å². The minimum Gasteiger partial charge on any atom is -0.312 e. The van der Waals surface area contributed by atoms with Gasteiger partial charge in [0.1, 0.15) is 0 Å². The van der Waals surface area contributed by atoms with Gasteiger partial charge >= 0.3 is 0 Å². The van der Waals surface area contributed by atoms with Gasteiger partial charge in [0.05, 0.1) is 0 Å². The monoisotopic (exact) mass is 231 g/mol. The molecule has 0 spiro atoms.